The molecule has 4 N–H and O–H groups in total. The zero-order valence-corrected chi connectivity index (χ0v) is 14.3. The highest BCUT2D eigenvalue weighted by Gasteiger charge is 2.29. The van der Waals surface area contributed by atoms with Crippen LogP contribution in [0.1, 0.15) is 23.2 Å². The molecule has 0 heterocycles. The average Bonchev–Trinajstić information content (AvgIpc) is 3.49. The van der Waals surface area contributed by atoms with Crippen LogP contribution in [0.2, 0.25) is 0 Å². The Kier molecular flexibility index (Phi) is 5.17. The lowest BCUT2D eigenvalue weighted by atomic mass is 10.2. The first-order valence-electron chi connectivity index (χ1n) is 8.36. The number of rotatable bonds is 5. The van der Waals surface area contributed by atoms with Crippen molar-refractivity contribution in [1.82, 2.24) is 5.32 Å². The molecule has 26 heavy (non-hydrogen) atoms. The molecule has 2 aromatic carbocycles. The molecule has 0 aliphatic heterocycles. The van der Waals surface area contributed by atoms with Gasteiger partial charge in [0, 0.05) is 35.6 Å². The number of carbonyl (C=O) groups excluding carboxylic acids is 3. The van der Waals surface area contributed by atoms with Gasteiger partial charge in [-0.25, -0.2) is 4.79 Å². The molecule has 0 unspecified atom stereocenters. The number of urea groups is 1. The molecule has 1 aliphatic rings. The molecule has 0 radical (unpaired) electrons. The second-order valence-corrected chi connectivity index (χ2v) is 6.08. The molecule has 4 amide bonds. The predicted molar refractivity (Wildman–Crippen MR) is 100 cm³/mol. The van der Waals surface area contributed by atoms with E-state index in [-0.39, 0.29) is 23.8 Å². The van der Waals surface area contributed by atoms with Crippen LogP contribution in [0.5, 0.6) is 0 Å². The van der Waals surface area contributed by atoms with Crippen LogP contribution in [-0.2, 0) is 4.79 Å². The van der Waals surface area contributed by atoms with Gasteiger partial charge in [0.1, 0.15) is 0 Å². The van der Waals surface area contributed by atoms with Gasteiger partial charge in [-0.05, 0) is 61.4 Å². The van der Waals surface area contributed by atoms with Crippen LogP contribution < -0.4 is 21.3 Å². The summed E-state index contributed by atoms with van der Waals surface area (Å²) in [4.78, 5) is 35.3. The summed E-state index contributed by atoms with van der Waals surface area (Å²) in [7, 11) is 1.53. The van der Waals surface area contributed by atoms with Crippen LogP contribution in [0.3, 0.4) is 0 Å². The van der Waals surface area contributed by atoms with Crippen molar-refractivity contribution in [2.75, 3.05) is 23.0 Å². The van der Waals surface area contributed by atoms with Crippen LogP contribution in [0.25, 0.3) is 0 Å². The van der Waals surface area contributed by atoms with E-state index in [2.05, 4.69) is 21.3 Å². The summed E-state index contributed by atoms with van der Waals surface area (Å²) in [6.45, 7) is 0. The Balaban J connectivity index is 1.57. The normalized spacial score (nSPS) is 12.8. The third-order valence-corrected chi connectivity index (χ3v) is 3.99. The minimum Gasteiger partial charge on any atom is -0.341 e. The summed E-state index contributed by atoms with van der Waals surface area (Å²) in [5.74, 6) is -0.0800. The molecule has 0 bridgehead atoms. The van der Waals surface area contributed by atoms with E-state index in [9.17, 15) is 14.4 Å². The molecule has 0 spiro atoms. The van der Waals surface area contributed by atoms with Gasteiger partial charge < -0.3 is 21.3 Å². The minimum absolute atomic E-state index is 0.0349. The fourth-order valence-corrected chi connectivity index (χ4v) is 2.33. The number of hydrogen-bond donors (Lipinski definition) is 4. The molecule has 1 aliphatic carbocycles. The van der Waals surface area contributed by atoms with Crippen LogP contribution in [-0.4, -0.2) is 24.9 Å². The molecule has 134 valence electrons. The van der Waals surface area contributed by atoms with Gasteiger partial charge in [0.25, 0.3) is 5.91 Å². The van der Waals surface area contributed by atoms with Gasteiger partial charge in [-0.2, -0.15) is 0 Å². The van der Waals surface area contributed by atoms with E-state index in [1.807, 2.05) is 0 Å². The van der Waals surface area contributed by atoms with Crippen molar-refractivity contribution in [3.05, 3.63) is 54.1 Å². The quantitative estimate of drug-likeness (QED) is 0.665. The van der Waals surface area contributed by atoms with E-state index in [1.165, 1.54) is 7.05 Å². The summed E-state index contributed by atoms with van der Waals surface area (Å²) < 4.78 is 0. The number of carbonyl (C=O) groups is 3. The number of amides is 4. The Morgan fingerprint density at radius 2 is 1.27 bits per heavy atom. The van der Waals surface area contributed by atoms with E-state index in [0.717, 1.165) is 12.8 Å². The standard InChI is InChI=1S/C19H20N4O3/c1-20-19(26)23-16-10-8-15(9-11-16)22-18(25)13-4-6-14(7-5-13)21-17(24)12-2-3-12/h4-12H,2-3H2,1H3,(H,21,24)(H,22,25)(H2,20,23,26). The summed E-state index contributed by atoms with van der Waals surface area (Å²) in [5.41, 5.74) is 2.41. The van der Waals surface area contributed by atoms with Gasteiger partial charge >= 0.3 is 6.03 Å². The third-order valence-electron chi connectivity index (χ3n) is 3.99. The first-order valence-corrected chi connectivity index (χ1v) is 8.36. The summed E-state index contributed by atoms with van der Waals surface area (Å²) in [6.07, 6.45) is 1.90. The zero-order chi connectivity index (χ0) is 18.5. The smallest absolute Gasteiger partial charge is 0.318 e. The van der Waals surface area contributed by atoms with Gasteiger partial charge in [0.2, 0.25) is 5.91 Å². The van der Waals surface area contributed by atoms with Gasteiger partial charge in [-0.1, -0.05) is 0 Å². The van der Waals surface area contributed by atoms with E-state index >= 15 is 0 Å². The van der Waals surface area contributed by atoms with Gasteiger partial charge in [-0.15, -0.1) is 0 Å². The van der Waals surface area contributed by atoms with Crippen LogP contribution >= 0.6 is 0 Å². The van der Waals surface area contributed by atoms with Crippen molar-refractivity contribution >= 4 is 34.9 Å². The van der Waals surface area contributed by atoms with Crippen LogP contribution in [0.4, 0.5) is 21.9 Å². The molecule has 7 nitrogen and oxygen atoms in total. The molecule has 0 atom stereocenters. The van der Waals surface area contributed by atoms with Crippen molar-refractivity contribution in [1.29, 1.82) is 0 Å². The lowest BCUT2D eigenvalue weighted by Gasteiger charge is -2.09. The second-order valence-electron chi connectivity index (χ2n) is 6.08. The van der Waals surface area contributed by atoms with Crippen molar-refractivity contribution < 1.29 is 14.4 Å². The van der Waals surface area contributed by atoms with E-state index in [4.69, 9.17) is 0 Å². The Morgan fingerprint density at radius 3 is 1.81 bits per heavy atom. The maximum atomic E-state index is 12.3. The van der Waals surface area contributed by atoms with Crippen molar-refractivity contribution in [2.45, 2.75) is 12.8 Å². The number of anilines is 3. The van der Waals surface area contributed by atoms with E-state index in [1.54, 1.807) is 48.5 Å². The van der Waals surface area contributed by atoms with Crippen LogP contribution in [0, 0.1) is 5.92 Å². The molecule has 7 heteroatoms. The third kappa shape index (κ3) is 4.60. The Morgan fingerprint density at radius 1 is 0.769 bits per heavy atom. The number of hydrogen-bond acceptors (Lipinski definition) is 3. The molecular formula is C19H20N4O3. The number of benzene rings is 2. The lowest BCUT2D eigenvalue weighted by Crippen LogP contribution is -2.24. The zero-order valence-electron chi connectivity index (χ0n) is 14.3. The molecule has 1 fully saturated rings. The first kappa shape index (κ1) is 17.5. The summed E-state index contributed by atoms with van der Waals surface area (Å²) in [5, 5.41) is 10.7. The maximum Gasteiger partial charge on any atom is 0.318 e. The number of nitrogens with one attached hydrogen (secondary N) is 4. The highest BCUT2D eigenvalue weighted by molar-refractivity contribution is 6.05. The van der Waals surface area contributed by atoms with E-state index < -0.39 is 0 Å². The molecule has 0 aromatic heterocycles. The second kappa shape index (κ2) is 7.69. The van der Waals surface area contributed by atoms with Gasteiger partial charge in [-0.3, -0.25) is 9.59 Å². The highest BCUT2D eigenvalue weighted by Crippen LogP contribution is 2.30. The van der Waals surface area contributed by atoms with Crippen molar-refractivity contribution in [2.24, 2.45) is 5.92 Å². The Hall–Kier alpha value is -3.35. The van der Waals surface area contributed by atoms with Gasteiger partial charge in [0.15, 0.2) is 0 Å². The topological polar surface area (TPSA) is 99.3 Å². The summed E-state index contributed by atoms with van der Waals surface area (Å²) in [6, 6.07) is 13.2. The van der Waals surface area contributed by atoms with Crippen molar-refractivity contribution in [3.63, 3.8) is 0 Å². The van der Waals surface area contributed by atoms with E-state index in [0.29, 0.717) is 22.6 Å². The lowest BCUT2D eigenvalue weighted by molar-refractivity contribution is -0.117. The molecule has 0 saturated heterocycles. The fourth-order valence-electron chi connectivity index (χ4n) is 2.33. The van der Waals surface area contributed by atoms with Gasteiger partial charge in [0.05, 0.1) is 0 Å². The minimum atomic E-state index is -0.310. The summed E-state index contributed by atoms with van der Waals surface area (Å²) >= 11 is 0. The highest BCUT2D eigenvalue weighted by atomic mass is 16.2. The van der Waals surface area contributed by atoms with Crippen LogP contribution in [0.15, 0.2) is 48.5 Å². The largest absolute Gasteiger partial charge is 0.341 e. The molecular weight excluding hydrogens is 332 g/mol. The first-order chi connectivity index (χ1) is 12.5. The molecule has 1 saturated carbocycles. The predicted octanol–water partition coefficient (Wildman–Crippen LogP) is 3.04. The molecule has 3 rings (SSSR count). The SMILES string of the molecule is CNC(=O)Nc1ccc(NC(=O)c2ccc(NC(=O)C3CC3)cc2)cc1. The monoisotopic (exact) mass is 352 g/mol. The van der Waals surface area contributed by atoms with Crippen molar-refractivity contribution in [3.8, 4) is 0 Å². The Labute approximate surface area is 151 Å². The fraction of sp³-hybridized carbons (Fsp3) is 0.211. The molecule has 2 aromatic rings. The Bertz CT molecular complexity index is 812. The average molecular weight is 352 g/mol. The maximum absolute atomic E-state index is 12.3.